The number of rotatable bonds is 5. The minimum atomic E-state index is -4.52. The fourth-order valence-electron chi connectivity index (χ4n) is 4.56. The van der Waals surface area contributed by atoms with Crippen molar-refractivity contribution in [2.45, 2.75) is 45.1 Å². The average Bonchev–Trinajstić information content (AvgIpc) is 3.41. The van der Waals surface area contributed by atoms with Crippen molar-refractivity contribution in [1.29, 1.82) is 0 Å². The third-order valence-electron chi connectivity index (χ3n) is 6.49. The maximum atomic E-state index is 14.0. The average molecular weight is 573 g/mol. The number of carbonyl (C=O) groups is 1. The van der Waals surface area contributed by atoms with E-state index < -0.39 is 24.2 Å². The summed E-state index contributed by atoms with van der Waals surface area (Å²) >= 11 is 3.42. The number of halogens is 4. The Morgan fingerprint density at radius 2 is 1.81 bits per heavy atom. The van der Waals surface area contributed by atoms with Gasteiger partial charge in [0, 0.05) is 17.0 Å². The maximum Gasteiger partial charge on any atom is 0.410 e. The molecule has 7 nitrogen and oxygen atoms in total. The molecule has 192 valence electrons. The molecular formula is C26H24BrF3N6O. The van der Waals surface area contributed by atoms with Crippen LogP contribution >= 0.6 is 15.9 Å². The van der Waals surface area contributed by atoms with Gasteiger partial charge in [0.2, 0.25) is 0 Å². The van der Waals surface area contributed by atoms with Crippen molar-refractivity contribution < 1.29 is 18.0 Å². The van der Waals surface area contributed by atoms with Gasteiger partial charge in [-0.1, -0.05) is 58.4 Å². The van der Waals surface area contributed by atoms with Crippen molar-refractivity contribution in [3.8, 4) is 0 Å². The molecule has 0 saturated carbocycles. The second kappa shape index (κ2) is 9.70. The highest BCUT2D eigenvalue weighted by Gasteiger charge is 2.46. The van der Waals surface area contributed by atoms with E-state index in [0.717, 1.165) is 26.0 Å². The molecule has 0 bridgehead atoms. The molecule has 2 aromatic heterocycles. The number of fused-ring (bicyclic) bond motifs is 1. The van der Waals surface area contributed by atoms with E-state index in [-0.39, 0.29) is 17.9 Å². The third kappa shape index (κ3) is 5.13. The fourth-order valence-corrected chi connectivity index (χ4v) is 4.82. The van der Waals surface area contributed by atoms with Crippen molar-refractivity contribution in [2.75, 3.05) is 10.6 Å². The SMILES string of the molecule is Cc1nn(Cc2ccc(Br)cc2)c(C)c1NC(=O)c1cc2n(n1)[C@H](C(F)(F)F)C[C@@H](c1ccccc1)N2. The predicted octanol–water partition coefficient (Wildman–Crippen LogP) is 6.42. The van der Waals surface area contributed by atoms with Gasteiger partial charge < -0.3 is 10.6 Å². The van der Waals surface area contributed by atoms with Gasteiger partial charge in [0.1, 0.15) is 5.82 Å². The van der Waals surface area contributed by atoms with Crippen LogP contribution in [0.2, 0.25) is 0 Å². The molecule has 2 aromatic carbocycles. The van der Waals surface area contributed by atoms with Crippen LogP contribution in [0.15, 0.2) is 65.1 Å². The summed E-state index contributed by atoms with van der Waals surface area (Å²) in [4.78, 5) is 13.1. The maximum absolute atomic E-state index is 14.0. The van der Waals surface area contributed by atoms with Crippen molar-refractivity contribution in [2.24, 2.45) is 0 Å². The number of nitrogens with one attached hydrogen (secondary N) is 2. The van der Waals surface area contributed by atoms with Gasteiger partial charge in [0.25, 0.3) is 5.91 Å². The minimum Gasteiger partial charge on any atom is -0.363 e. The highest BCUT2D eigenvalue weighted by Crippen LogP contribution is 2.43. The summed E-state index contributed by atoms with van der Waals surface area (Å²) in [7, 11) is 0. The van der Waals surface area contributed by atoms with E-state index in [2.05, 4.69) is 36.8 Å². The largest absolute Gasteiger partial charge is 0.410 e. The van der Waals surface area contributed by atoms with Crippen molar-refractivity contribution >= 4 is 33.3 Å². The summed E-state index contributed by atoms with van der Waals surface area (Å²) in [6, 6.07) is 15.7. The Morgan fingerprint density at radius 1 is 1.11 bits per heavy atom. The second-order valence-electron chi connectivity index (χ2n) is 9.04. The molecule has 11 heteroatoms. The highest BCUT2D eigenvalue weighted by molar-refractivity contribution is 9.10. The van der Waals surface area contributed by atoms with Gasteiger partial charge in [-0.25, -0.2) is 4.68 Å². The molecule has 0 saturated heterocycles. The zero-order valence-corrected chi connectivity index (χ0v) is 21.6. The molecule has 3 heterocycles. The number of benzene rings is 2. The lowest BCUT2D eigenvalue weighted by Crippen LogP contribution is -2.35. The summed E-state index contributed by atoms with van der Waals surface area (Å²) in [5, 5.41) is 14.5. The number of carbonyl (C=O) groups excluding carboxylic acids is 1. The highest BCUT2D eigenvalue weighted by atomic mass is 79.9. The Morgan fingerprint density at radius 3 is 2.49 bits per heavy atom. The molecule has 4 aromatic rings. The molecule has 1 amide bonds. The zero-order chi connectivity index (χ0) is 26.3. The van der Waals surface area contributed by atoms with Gasteiger partial charge in [-0.05, 0) is 37.1 Å². The van der Waals surface area contributed by atoms with Crippen LogP contribution in [-0.4, -0.2) is 31.6 Å². The van der Waals surface area contributed by atoms with Crippen LogP contribution in [0.4, 0.5) is 24.7 Å². The molecule has 2 N–H and O–H groups in total. The summed E-state index contributed by atoms with van der Waals surface area (Å²) in [5.74, 6) is -0.456. The van der Waals surface area contributed by atoms with Crippen LogP contribution in [-0.2, 0) is 6.54 Å². The van der Waals surface area contributed by atoms with Crippen LogP contribution in [0.5, 0.6) is 0 Å². The third-order valence-corrected chi connectivity index (χ3v) is 7.02. The van der Waals surface area contributed by atoms with E-state index >= 15 is 0 Å². The topological polar surface area (TPSA) is 76.8 Å². The Kier molecular flexibility index (Phi) is 6.57. The molecule has 0 unspecified atom stereocenters. The Balaban J connectivity index is 1.39. The fraction of sp³-hybridized carbons (Fsp3) is 0.269. The lowest BCUT2D eigenvalue weighted by molar-refractivity contribution is -0.173. The van der Waals surface area contributed by atoms with Crippen LogP contribution in [0, 0.1) is 13.8 Å². The van der Waals surface area contributed by atoms with Gasteiger partial charge >= 0.3 is 6.18 Å². The lowest BCUT2D eigenvalue weighted by Gasteiger charge is -2.33. The van der Waals surface area contributed by atoms with Crippen LogP contribution in [0.1, 0.15) is 51.5 Å². The molecule has 0 spiro atoms. The van der Waals surface area contributed by atoms with Crippen LogP contribution in [0.3, 0.4) is 0 Å². The first-order valence-corrected chi connectivity index (χ1v) is 12.5. The number of aromatic nitrogens is 4. The minimum absolute atomic E-state index is 0.107. The molecule has 1 aliphatic heterocycles. The number of amides is 1. The smallest absolute Gasteiger partial charge is 0.363 e. The summed E-state index contributed by atoms with van der Waals surface area (Å²) in [5.41, 5.74) is 3.50. The van der Waals surface area contributed by atoms with Gasteiger partial charge in [0.15, 0.2) is 11.7 Å². The van der Waals surface area contributed by atoms with E-state index in [1.54, 1.807) is 35.9 Å². The van der Waals surface area contributed by atoms with E-state index in [1.807, 2.05) is 37.3 Å². The van der Waals surface area contributed by atoms with Crippen molar-refractivity contribution in [3.63, 3.8) is 0 Å². The predicted molar refractivity (Wildman–Crippen MR) is 138 cm³/mol. The number of hydrogen-bond donors (Lipinski definition) is 2. The van der Waals surface area contributed by atoms with Crippen LogP contribution < -0.4 is 10.6 Å². The normalized spacial score (nSPS) is 17.2. The van der Waals surface area contributed by atoms with E-state index in [4.69, 9.17) is 0 Å². The monoisotopic (exact) mass is 572 g/mol. The van der Waals surface area contributed by atoms with Gasteiger partial charge in [-0.2, -0.15) is 23.4 Å². The van der Waals surface area contributed by atoms with Crippen LogP contribution in [0.25, 0.3) is 0 Å². The van der Waals surface area contributed by atoms with E-state index in [9.17, 15) is 18.0 Å². The molecule has 1 aliphatic rings. The number of hydrogen-bond acceptors (Lipinski definition) is 4. The number of aryl methyl sites for hydroxylation is 1. The molecule has 0 fully saturated rings. The van der Waals surface area contributed by atoms with Gasteiger partial charge in [-0.3, -0.25) is 9.48 Å². The molecule has 2 atom stereocenters. The second-order valence-corrected chi connectivity index (χ2v) is 9.96. The van der Waals surface area contributed by atoms with E-state index in [0.29, 0.717) is 17.9 Å². The molecule has 37 heavy (non-hydrogen) atoms. The molecule has 5 rings (SSSR count). The first-order valence-electron chi connectivity index (χ1n) is 11.7. The van der Waals surface area contributed by atoms with Gasteiger partial charge in [0.05, 0.1) is 29.7 Å². The first kappa shape index (κ1) is 25.1. The zero-order valence-electron chi connectivity index (χ0n) is 20.1. The van der Waals surface area contributed by atoms with Crippen molar-refractivity contribution in [3.05, 3.63) is 93.3 Å². The summed E-state index contributed by atoms with van der Waals surface area (Å²) < 4.78 is 45.5. The quantitative estimate of drug-likeness (QED) is 0.289. The summed E-state index contributed by atoms with van der Waals surface area (Å²) in [6.07, 6.45) is -4.75. The Labute approximate surface area is 219 Å². The number of anilines is 2. The first-order chi connectivity index (χ1) is 17.6. The molecule has 0 radical (unpaired) electrons. The molecular weight excluding hydrogens is 549 g/mol. The van der Waals surface area contributed by atoms with E-state index in [1.165, 1.54) is 6.07 Å². The van der Waals surface area contributed by atoms with Crippen molar-refractivity contribution in [1.82, 2.24) is 19.6 Å². The van der Waals surface area contributed by atoms with Gasteiger partial charge in [-0.15, -0.1) is 0 Å². The Hall–Kier alpha value is -3.60. The number of nitrogens with zero attached hydrogens (tertiary/aromatic N) is 4. The molecule has 0 aliphatic carbocycles. The number of alkyl halides is 3. The lowest BCUT2D eigenvalue weighted by atomic mass is 9.97. The summed E-state index contributed by atoms with van der Waals surface area (Å²) in [6.45, 7) is 4.11. The Bertz CT molecular complexity index is 1430. The standard InChI is InChI=1S/C26H24BrF3N6O/c1-15-24(16(2)35(33-15)14-17-8-10-19(27)11-9-17)32-25(37)21-13-23-31-20(18-6-4-3-5-7-18)12-22(26(28,29)30)36(23)34-21/h3-11,13,20,22,31H,12,14H2,1-2H3,(H,32,37)/t20-,22-/m0/s1.